The maximum absolute atomic E-state index is 11.3. The zero-order chi connectivity index (χ0) is 11.5. The highest BCUT2D eigenvalue weighted by Crippen LogP contribution is 2.13. The predicted octanol–water partition coefficient (Wildman–Crippen LogP) is -0.190. The Bertz CT molecular complexity index is 231. The van der Waals surface area contributed by atoms with Crippen LogP contribution in [0.5, 0.6) is 0 Å². The van der Waals surface area contributed by atoms with Crippen LogP contribution in [0.1, 0.15) is 27.7 Å². The summed E-state index contributed by atoms with van der Waals surface area (Å²) in [6.45, 7) is 6.50. The molecule has 0 saturated carbocycles. The van der Waals surface area contributed by atoms with Crippen LogP contribution >= 0.6 is 0 Å². The van der Waals surface area contributed by atoms with E-state index < -0.39 is 29.5 Å². The van der Waals surface area contributed by atoms with Gasteiger partial charge < -0.3 is 15.6 Å². The summed E-state index contributed by atoms with van der Waals surface area (Å²) in [6.07, 6.45) is -1.50. The van der Waals surface area contributed by atoms with Gasteiger partial charge in [0, 0.05) is 0 Å². The van der Waals surface area contributed by atoms with E-state index in [9.17, 15) is 14.7 Å². The number of aliphatic hydroxyl groups is 1. The Hall–Kier alpha value is -1.10. The number of carbonyl (C=O) groups is 2. The highest BCUT2D eigenvalue weighted by atomic mass is 16.6. The predicted molar refractivity (Wildman–Crippen MR) is 50.2 cm³/mol. The van der Waals surface area contributed by atoms with Crippen LogP contribution in [-0.4, -0.2) is 28.7 Å². The Morgan fingerprint density at radius 2 is 1.79 bits per heavy atom. The molecule has 0 aliphatic carbocycles. The number of amides is 1. The van der Waals surface area contributed by atoms with E-state index in [0.717, 1.165) is 0 Å². The van der Waals surface area contributed by atoms with Gasteiger partial charge in [-0.05, 0) is 27.7 Å². The van der Waals surface area contributed by atoms with E-state index in [1.807, 2.05) is 0 Å². The SMILES string of the molecule is C[C@H](C(=O)OC(C)(C)C)C(O)C(N)=O. The smallest absolute Gasteiger partial charge is 0.312 e. The molecule has 3 N–H and O–H groups in total. The van der Waals surface area contributed by atoms with E-state index in [0.29, 0.717) is 0 Å². The molecule has 5 nitrogen and oxygen atoms in total. The van der Waals surface area contributed by atoms with Gasteiger partial charge in [0.15, 0.2) is 0 Å². The third-order valence-electron chi connectivity index (χ3n) is 1.54. The summed E-state index contributed by atoms with van der Waals surface area (Å²) in [5.74, 6) is -2.50. The molecule has 0 aromatic heterocycles. The lowest BCUT2D eigenvalue weighted by molar-refractivity contribution is -0.165. The van der Waals surface area contributed by atoms with E-state index in [1.165, 1.54) is 6.92 Å². The van der Waals surface area contributed by atoms with Crippen molar-refractivity contribution < 1.29 is 19.4 Å². The molecule has 0 saturated heterocycles. The van der Waals surface area contributed by atoms with E-state index >= 15 is 0 Å². The van der Waals surface area contributed by atoms with Crippen molar-refractivity contribution in [1.82, 2.24) is 0 Å². The molecular weight excluding hydrogens is 186 g/mol. The van der Waals surface area contributed by atoms with Crippen LogP contribution < -0.4 is 5.73 Å². The standard InChI is InChI=1S/C9H17NO4/c1-5(6(11)7(10)12)8(13)14-9(2,3)4/h5-6,11H,1-4H3,(H2,10,12)/t5-,6?/m0/s1. The van der Waals surface area contributed by atoms with Crippen LogP contribution in [0, 0.1) is 5.92 Å². The van der Waals surface area contributed by atoms with E-state index in [4.69, 9.17) is 10.5 Å². The number of primary amides is 1. The highest BCUT2D eigenvalue weighted by molar-refractivity contribution is 5.85. The molecule has 1 unspecified atom stereocenters. The van der Waals surface area contributed by atoms with Gasteiger partial charge in [-0.3, -0.25) is 9.59 Å². The molecule has 0 bridgehead atoms. The van der Waals surface area contributed by atoms with Gasteiger partial charge in [0.05, 0.1) is 5.92 Å². The number of hydrogen-bond acceptors (Lipinski definition) is 4. The van der Waals surface area contributed by atoms with Crippen LogP contribution in [0.15, 0.2) is 0 Å². The van der Waals surface area contributed by atoms with Gasteiger partial charge in [-0.15, -0.1) is 0 Å². The normalized spacial score (nSPS) is 15.8. The molecule has 0 fully saturated rings. The number of nitrogens with two attached hydrogens (primary N) is 1. The fourth-order valence-electron chi connectivity index (χ4n) is 0.770. The summed E-state index contributed by atoms with van der Waals surface area (Å²) in [6, 6.07) is 0. The van der Waals surface area contributed by atoms with Crippen molar-refractivity contribution in [1.29, 1.82) is 0 Å². The van der Waals surface area contributed by atoms with Crippen molar-refractivity contribution >= 4 is 11.9 Å². The van der Waals surface area contributed by atoms with E-state index in [1.54, 1.807) is 20.8 Å². The zero-order valence-electron chi connectivity index (χ0n) is 8.90. The summed E-state index contributed by atoms with van der Waals surface area (Å²) in [7, 11) is 0. The van der Waals surface area contributed by atoms with Crippen molar-refractivity contribution in [3.63, 3.8) is 0 Å². The number of hydrogen-bond donors (Lipinski definition) is 2. The molecule has 5 heteroatoms. The van der Waals surface area contributed by atoms with Gasteiger partial charge in [-0.25, -0.2) is 0 Å². The minimum absolute atomic E-state index is 0.635. The molecule has 0 heterocycles. The number of ether oxygens (including phenoxy) is 1. The molecule has 0 aliphatic rings. The van der Waals surface area contributed by atoms with Crippen molar-refractivity contribution in [2.24, 2.45) is 11.7 Å². The highest BCUT2D eigenvalue weighted by Gasteiger charge is 2.30. The second-order valence-corrected chi connectivity index (χ2v) is 4.17. The summed E-state index contributed by atoms with van der Waals surface area (Å²) >= 11 is 0. The van der Waals surface area contributed by atoms with Crippen LogP contribution in [0.2, 0.25) is 0 Å². The first kappa shape index (κ1) is 12.9. The second-order valence-electron chi connectivity index (χ2n) is 4.17. The fraction of sp³-hybridized carbons (Fsp3) is 0.778. The Balaban J connectivity index is 4.33. The largest absolute Gasteiger partial charge is 0.460 e. The third kappa shape index (κ3) is 4.23. The van der Waals surface area contributed by atoms with Crippen LogP contribution in [-0.2, 0) is 14.3 Å². The Kier molecular flexibility index (Phi) is 4.07. The lowest BCUT2D eigenvalue weighted by Gasteiger charge is -2.23. The minimum Gasteiger partial charge on any atom is -0.460 e. The van der Waals surface area contributed by atoms with Crippen LogP contribution in [0.4, 0.5) is 0 Å². The molecule has 0 aliphatic heterocycles. The van der Waals surface area contributed by atoms with Crippen molar-refractivity contribution in [2.45, 2.75) is 39.4 Å². The number of rotatable bonds is 3. The van der Waals surface area contributed by atoms with E-state index in [-0.39, 0.29) is 0 Å². The molecule has 0 aromatic carbocycles. The topological polar surface area (TPSA) is 89.6 Å². The number of aliphatic hydroxyl groups excluding tert-OH is 1. The molecule has 0 aromatic rings. The third-order valence-corrected chi connectivity index (χ3v) is 1.54. The summed E-state index contributed by atoms with van der Waals surface area (Å²) in [5.41, 5.74) is 4.21. The van der Waals surface area contributed by atoms with Crippen LogP contribution in [0.3, 0.4) is 0 Å². The fourth-order valence-corrected chi connectivity index (χ4v) is 0.770. The molecule has 0 radical (unpaired) electrons. The first-order chi connectivity index (χ1) is 6.15. The van der Waals surface area contributed by atoms with Gasteiger partial charge >= 0.3 is 5.97 Å². The lowest BCUT2D eigenvalue weighted by Crippen LogP contribution is -2.40. The van der Waals surface area contributed by atoms with Gasteiger partial charge in [-0.1, -0.05) is 0 Å². The number of carbonyl (C=O) groups excluding carboxylic acids is 2. The average Bonchev–Trinajstić information content (AvgIpc) is 1.98. The first-order valence-electron chi connectivity index (χ1n) is 4.35. The molecule has 0 spiro atoms. The van der Waals surface area contributed by atoms with E-state index in [2.05, 4.69) is 0 Å². The maximum Gasteiger partial charge on any atom is 0.312 e. The molecule has 14 heavy (non-hydrogen) atoms. The average molecular weight is 203 g/mol. The Morgan fingerprint density at radius 1 is 1.36 bits per heavy atom. The quantitative estimate of drug-likeness (QED) is 0.622. The second kappa shape index (κ2) is 4.41. The zero-order valence-corrected chi connectivity index (χ0v) is 8.90. The van der Waals surface area contributed by atoms with Gasteiger partial charge in [0.25, 0.3) is 0 Å². The van der Waals surface area contributed by atoms with Crippen LogP contribution in [0.25, 0.3) is 0 Å². The van der Waals surface area contributed by atoms with Gasteiger partial charge in [0.2, 0.25) is 5.91 Å². The molecule has 2 atom stereocenters. The number of esters is 1. The Morgan fingerprint density at radius 3 is 2.07 bits per heavy atom. The summed E-state index contributed by atoms with van der Waals surface area (Å²) in [4.78, 5) is 21.9. The van der Waals surface area contributed by atoms with Gasteiger partial charge in [0.1, 0.15) is 11.7 Å². The maximum atomic E-state index is 11.3. The van der Waals surface area contributed by atoms with Crippen molar-refractivity contribution in [2.75, 3.05) is 0 Å². The van der Waals surface area contributed by atoms with Gasteiger partial charge in [-0.2, -0.15) is 0 Å². The molecular formula is C9H17NO4. The molecule has 0 rings (SSSR count). The first-order valence-corrected chi connectivity index (χ1v) is 4.35. The van der Waals surface area contributed by atoms with Crippen molar-refractivity contribution in [3.05, 3.63) is 0 Å². The minimum atomic E-state index is -1.50. The lowest BCUT2D eigenvalue weighted by atomic mass is 10.0. The summed E-state index contributed by atoms with van der Waals surface area (Å²) in [5, 5.41) is 9.19. The Labute approximate surface area is 83.2 Å². The molecule has 1 amide bonds. The summed E-state index contributed by atoms with van der Waals surface area (Å²) < 4.78 is 4.96. The van der Waals surface area contributed by atoms with Crippen molar-refractivity contribution in [3.8, 4) is 0 Å². The molecule has 82 valence electrons. The monoisotopic (exact) mass is 203 g/mol.